The molecule has 0 saturated heterocycles. The first-order chi connectivity index (χ1) is 4.13. The number of hydrogen-bond acceptors (Lipinski definition) is 1. The third-order valence-electron chi connectivity index (χ3n) is 1.61. The second-order valence-electron chi connectivity index (χ2n) is 2.30. The van der Waals surface area contributed by atoms with Gasteiger partial charge in [-0.1, -0.05) is 0 Å². The van der Waals surface area contributed by atoms with Gasteiger partial charge in [-0.25, -0.2) is 9.13 Å². The summed E-state index contributed by atoms with van der Waals surface area (Å²) in [7, 11) is 3.88. The molecule has 0 atom stereocenters. The van der Waals surface area contributed by atoms with Crippen molar-refractivity contribution >= 4 is 5.95 Å². The first kappa shape index (κ1) is 6.13. The van der Waals surface area contributed by atoms with E-state index in [0.29, 0.717) is 0 Å². The van der Waals surface area contributed by atoms with E-state index in [9.17, 15) is 0 Å². The predicted molar refractivity (Wildman–Crippen MR) is 35.7 cm³/mol. The fourth-order valence-corrected chi connectivity index (χ4v) is 0.850. The third kappa shape index (κ3) is 0.781. The van der Waals surface area contributed by atoms with Crippen LogP contribution in [0.1, 0.15) is 5.69 Å². The number of hydrogen-bond donors (Lipinski definition) is 1. The van der Waals surface area contributed by atoms with Crippen LogP contribution < -0.4 is 10.3 Å². The summed E-state index contributed by atoms with van der Waals surface area (Å²) < 4.78 is 3.84. The normalized spacial score (nSPS) is 10.1. The molecule has 0 aliphatic rings. The maximum atomic E-state index is 5.63. The van der Waals surface area contributed by atoms with Crippen molar-refractivity contribution in [2.45, 2.75) is 6.92 Å². The van der Waals surface area contributed by atoms with E-state index in [1.54, 1.807) is 0 Å². The van der Waals surface area contributed by atoms with Crippen LogP contribution in [0.15, 0.2) is 6.20 Å². The van der Waals surface area contributed by atoms with Gasteiger partial charge in [0.25, 0.3) is 0 Å². The quantitative estimate of drug-likeness (QED) is 0.477. The zero-order valence-electron chi connectivity index (χ0n) is 6.05. The summed E-state index contributed by atoms with van der Waals surface area (Å²) >= 11 is 0. The summed E-state index contributed by atoms with van der Waals surface area (Å²) in [5.41, 5.74) is 6.80. The number of nitrogens with two attached hydrogens (primary N) is 1. The van der Waals surface area contributed by atoms with Crippen LogP contribution in [0.25, 0.3) is 0 Å². The van der Waals surface area contributed by atoms with Gasteiger partial charge in [-0.05, 0) is 6.92 Å². The van der Waals surface area contributed by atoms with E-state index in [2.05, 4.69) is 0 Å². The Labute approximate surface area is 54.7 Å². The molecule has 0 aliphatic carbocycles. The monoisotopic (exact) mass is 126 g/mol. The molecule has 0 radical (unpaired) electrons. The van der Waals surface area contributed by atoms with Crippen LogP contribution in [0.3, 0.4) is 0 Å². The van der Waals surface area contributed by atoms with Crippen molar-refractivity contribution in [1.29, 1.82) is 0 Å². The van der Waals surface area contributed by atoms with Gasteiger partial charge in [0.1, 0.15) is 5.69 Å². The zero-order chi connectivity index (χ0) is 7.02. The van der Waals surface area contributed by atoms with Gasteiger partial charge in [-0.15, -0.1) is 0 Å². The van der Waals surface area contributed by atoms with Gasteiger partial charge in [0.15, 0.2) is 0 Å². The summed E-state index contributed by atoms with van der Waals surface area (Å²) in [5, 5.41) is 0. The van der Waals surface area contributed by atoms with E-state index in [0.717, 1.165) is 5.95 Å². The summed E-state index contributed by atoms with van der Waals surface area (Å²) in [5.74, 6) is 0.785. The SMILES string of the molecule is Cc1c[n+](C)c(N)n1C. The van der Waals surface area contributed by atoms with Crippen molar-refractivity contribution < 1.29 is 4.57 Å². The first-order valence-corrected chi connectivity index (χ1v) is 2.90. The summed E-state index contributed by atoms with van der Waals surface area (Å²) in [6.07, 6.45) is 2.00. The van der Waals surface area contributed by atoms with E-state index >= 15 is 0 Å². The maximum Gasteiger partial charge on any atom is 0.354 e. The highest BCUT2D eigenvalue weighted by molar-refractivity contribution is 5.12. The molecule has 3 nitrogen and oxygen atoms in total. The van der Waals surface area contributed by atoms with Gasteiger partial charge < -0.3 is 0 Å². The first-order valence-electron chi connectivity index (χ1n) is 2.90. The van der Waals surface area contributed by atoms with Crippen LogP contribution in [-0.2, 0) is 14.1 Å². The Kier molecular flexibility index (Phi) is 1.20. The Morgan fingerprint density at radius 1 is 1.67 bits per heavy atom. The Bertz CT molecular complexity index is 202. The topological polar surface area (TPSA) is 34.8 Å². The fourth-order valence-electron chi connectivity index (χ4n) is 0.850. The lowest BCUT2D eigenvalue weighted by molar-refractivity contribution is -0.656. The molecule has 0 spiro atoms. The van der Waals surface area contributed by atoms with E-state index < -0.39 is 0 Å². The number of aryl methyl sites for hydroxylation is 2. The molecule has 50 valence electrons. The summed E-state index contributed by atoms with van der Waals surface area (Å²) in [6.45, 7) is 2.02. The van der Waals surface area contributed by atoms with E-state index in [4.69, 9.17) is 5.73 Å². The van der Waals surface area contributed by atoms with Crippen molar-refractivity contribution in [3.05, 3.63) is 11.9 Å². The molecule has 1 aromatic heterocycles. The van der Waals surface area contributed by atoms with E-state index in [1.165, 1.54) is 5.69 Å². The number of imidazole rings is 1. The molecule has 9 heavy (non-hydrogen) atoms. The number of anilines is 1. The molecule has 1 aromatic rings. The van der Waals surface area contributed by atoms with Gasteiger partial charge in [-0.2, -0.15) is 0 Å². The molecule has 1 rings (SSSR count). The molecule has 0 fully saturated rings. The van der Waals surface area contributed by atoms with Gasteiger partial charge in [0, 0.05) is 0 Å². The van der Waals surface area contributed by atoms with Gasteiger partial charge in [0.05, 0.1) is 20.3 Å². The smallest absolute Gasteiger partial charge is 0.290 e. The second kappa shape index (κ2) is 1.76. The van der Waals surface area contributed by atoms with Gasteiger partial charge in [-0.3, -0.25) is 5.73 Å². The number of nitrogen functional groups attached to an aromatic ring is 1. The predicted octanol–water partition coefficient (Wildman–Crippen LogP) is -0.260. The van der Waals surface area contributed by atoms with E-state index in [-0.39, 0.29) is 0 Å². The van der Waals surface area contributed by atoms with Crippen LogP contribution in [0.5, 0.6) is 0 Å². The van der Waals surface area contributed by atoms with Crippen molar-refractivity contribution in [2.75, 3.05) is 5.73 Å². The highest BCUT2D eigenvalue weighted by Gasteiger charge is 2.07. The molecular weight excluding hydrogens is 114 g/mol. The van der Waals surface area contributed by atoms with Crippen molar-refractivity contribution in [2.24, 2.45) is 14.1 Å². The molecule has 0 unspecified atom stereocenters. The Morgan fingerprint density at radius 3 is 2.33 bits per heavy atom. The Morgan fingerprint density at radius 2 is 2.22 bits per heavy atom. The lowest BCUT2D eigenvalue weighted by Gasteiger charge is -1.88. The van der Waals surface area contributed by atoms with Gasteiger partial charge in [0.2, 0.25) is 0 Å². The van der Waals surface area contributed by atoms with E-state index in [1.807, 2.05) is 36.4 Å². The minimum atomic E-state index is 0.785. The van der Waals surface area contributed by atoms with Crippen molar-refractivity contribution in [3.63, 3.8) is 0 Å². The Hall–Kier alpha value is -0.990. The number of aromatic nitrogens is 2. The number of nitrogens with zero attached hydrogens (tertiary/aromatic N) is 2. The molecule has 0 aliphatic heterocycles. The van der Waals surface area contributed by atoms with Crippen LogP contribution in [0.2, 0.25) is 0 Å². The zero-order valence-corrected chi connectivity index (χ0v) is 6.05. The van der Waals surface area contributed by atoms with Crippen LogP contribution in [0, 0.1) is 6.92 Å². The van der Waals surface area contributed by atoms with Crippen molar-refractivity contribution in [1.82, 2.24) is 4.57 Å². The maximum absolute atomic E-state index is 5.63. The average molecular weight is 126 g/mol. The van der Waals surface area contributed by atoms with Gasteiger partial charge >= 0.3 is 5.95 Å². The molecule has 0 aromatic carbocycles. The summed E-state index contributed by atoms with van der Waals surface area (Å²) in [6, 6.07) is 0. The lowest BCUT2D eigenvalue weighted by Crippen LogP contribution is -2.29. The minimum absolute atomic E-state index is 0.785. The largest absolute Gasteiger partial charge is 0.354 e. The highest BCUT2D eigenvalue weighted by atomic mass is 15.2. The second-order valence-corrected chi connectivity index (χ2v) is 2.30. The molecule has 3 heteroatoms. The molecular formula is C6H12N3+. The average Bonchev–Trinajstić information content (AvgIpc) is 1.98. The third-order valence-corrected chi connectivity index (χ3v) is 1.61. The molecule has 0 saturated carbocycles. The van der Waals surface area contributed by atoms with Crippen molar-refractivity contribution in [3.8, 4) is 0 Å². The Balaban J connectivity index is 3.29. The molecule has 0 amide bonds. The fraction of sp³-hybridized carbons (Fsp3) is 0.500. The molecule has 1 heterocycles. The standard InChI is InChI=1S/C6H11N3/c1-5-4-8(2)6(7)9(5)3/h4,7H,1-3H3/p+1. The summed E-state index contributed by atoms with van der Waals surface area (Å²) in [4.78, 5) is 0. The van der Waals surface area contributed by atoms with Crippen LogP contribution in [-0.4, -0.2) is 4.57 Å². The number of rotatable bonds is 0. The minimum Gasteiger partial charge on any atom is -0.290 e. The highest BCUT2D eigenvalue weighted by Crippen LogP contribution is 1.97. The van der Waals surface area contributed by atoms with Crippen LogP contribution in [0.4, 0.5) is 5.95 Å². The molecule has 0 bridgehead atoms. The van der Waals surface area contributed by atoms with Crippen LogP contribution >= 0.6 is 0 Å². The lowest BCUT2D eigenvalue weighted by atomic mass is 10.5. The molecule has 2 N–H and O–H groups in total.